The molecule has 1 aliphatic rings. The van der Waals surface area contributed by atoms with E-state index in [0.717, 1.165) is 0 Å². The molecule has 0 aromatic carbocycles. The molecule has 21 heavy (non-hydrogen) atoms. The highest BCUT2D eigenvalue weighted by atomic mass is 16.5. The number of aryl methyl sites for hydroxylation is 1. The van der Waals surface area contributed by atoms with Gasteiger partial charge in [0.1, 0.15) is 6.33 Å². The molecule has 1 saturated heterocycles. The van der Waals surface area contributed by atoms with Gasteiger partial charge in [0.2, 0.25) is 0 Å². The Kier molecular flexibility index (Phi) is 4.73. The lowest BCUT2D eigenvalue weighted by Crippen LogP contribution is -2.48. The quantitative estimate of drug-likeness (QED) is 0.674. The monoisotopic (exact) mass is 297 g/mol. The molecule has 0 bridgehead atoms. The highest BCUT2D eigenvalue weighted by molar-refractivity contribution is 5.78. The van der Waals surface area contributed by atoms with Gasteiger partial charge in [-0.15, -0.1) is 10.2 Å². The van der Waals surface area contributed by atoms with Crippen LogP contribution in [0.2, 0.25) is 0 Å². The molecule has 2 rings (SSSR count). The van der Waals surface area contributed by atoms with Crippen molar-refractivity contribution < 1.29 is 19.4 Å². The molecule has 0 unspecified atom stereocenters. The molecular formula is C12H19N5O4. The minimum Gasteiger partial charge on any atom is -0.481 e. The van der Waals surface area contributed by atoms with Crippen molar-refractivity contribution in [3.05, 3.63) is 12.2 Å². The molecule has 0 spiro atoms. The van der Waals surface area contributed by atoms with E-state index in [0.29, 0.717) is 31.9 Å². The molecule has 0 atom stereocenters. The Morgan fingerprint density at radius 1 is 1.43 bits per heavy atom. The summed E-state index contributed by atoms with van der Waals surface area (Å²) in [6.07, 6.45) is 2.33. The second kappa shape index (κ2) is 6.53. The third-order valence-corrected chi connectivity index (χ3v) is 3.70. The van der Waals surface area contributed by atoms with Crippen LogP contribution in [0.1, 0.15) is 18.7 Å². The summed E-state index contributed by atoms with van der Waals surface area (Å²) in [6.45, 7) is 1.10. The molecule has 0 aliphatic carbocycles. The normalized spacial score (nSPS) is 17.2. The highest BCUT2D eigenvalue weighted by Gasteiger charge is 2.40. The first-order chi connectivity index (χ1) is 10.0. The molecule has 0 saturated carbocycles. The lowest BCUT2D eigenvalue weighted by molar-refractivity contribution is -0.154. The van der Waals surface area contributed by atoms with Crippen LogP contribution in [0.25, 0.3) is 0 Å². The van der Waals surface area contributed by atoms with E-state index in [9.17, 15) is 14.7 Å². The third-order valence-electron chi connectivity index (χ3n) is 3.70. The number of amides is 2. The number of aliphatic carboxylic acids is 1. The maximum atomic E-state index is 11.8. The van der Waals surface area contributed by atoms with Crippen LogP contribution in [-0.4, -0.2) is 51.6 Å². The molecule has 2 heterocycles. The van der Waals surface area contributed by atoms with Crippen LogP contribution in [-0.2, 0) is 23.1 Å². The SMILES string of the molecule is Cn1cnnc1CNC(=O)NCC1(C(=O)O)CCOCC1. The molecule has 0 radical (unpaired) electrons. The van der Waals surface area contributed by atoms with Crippen molar-refractivity contribution >= 4 is 12.0 Å². The van der Waals surface area contributed by atoms with Gasteiger partial charge in [-0.05, 0) is 12.8 Å². The number of carboxylic acid groups (broad SMARTS) is 1. The zero-order chi connectivity index (χ0) is 15.3. The zero-order valence-electron chi connectivity index (χ0n) is 11.8. The van der Waals surface area contributed by atoms with Crippen LogP contribution in [0.5, 0.6) is 0 Å². The van der Waals surface area contributed by atoms with E-state index in [1.54, 1.807) is 11.6 Å². The minimum atomic E-state index is -0.944. The summed E-state index contributed by atoms with van der Waals surface area (Å²) in [6, 6.07) is -0.426. The van der Waals surface area contributed by atoms with Crippen LogP contribution in [0.4, 0.5) is 4.79 Å². The van der Waals surface area contributed by atoms with Crippen molar-refractivity contribution in [3.63, 3.8) is 0 Å². The van der Waals surface area contributed by atoms with E-state index < -0.39 is 17.4 Å². The van der Waals surface area contributed by atoms with Crippen LogP contribution in [0.3, 0.4) is 0 Å². The van der Waals surface area contributed by atoms with Crippen molar-refractivity contribution in [1.82, 2.24) is 25.4 Å². The number of nitrogens with one attached hydrogen (secondary N) is 2. The smallest absolute Gasteiger partial charge is 0.315 e. The van der Waals surface area contributed by atoms with Gasteiger partial charge < -0.3 is 25.0 Å². The number of nitrogens with zero attached hydrogens (tertiary/aromatic N) is 3. The van der Waals surface area contributed by atoms with Gasteiger partial charge in [-0.25, -0.2) is 4.79 Å². The first-order valence-corrected chi connectivity index (χ1v) is 6.69. The number of aromatic nitrogens is 3. The Balaban J connectivity index is 1.82. The van der Waals surface area contributed by atoms with Gasteiger partial charge in [-0.1, -0.05) is 0 Å². The fourth-order valence-electron chi connectivity index (χ4n) is 2.17. The Hall–Kier alpha value is -2.16. The van der Waals surface area contributed by atoms with E-state index in [2.05, 4.69) is 20.8 Å². The first-order valence-electron chi connectivity index (χ1n) is 6.69. The molecular weight excluding hydrogens is 278 g/mol. The van der Waals surface area contributed by atoms with E-state index in [-0.39, 0.29) is 13.1 Å². The highest BCUT2D eigenvalue weighted by Crippen LogP contribution is 2.29. The minimum absolute atomic E-state index is 0.0797. The predicted octanol–water partition coefficient (Wildman–Crippen LogP) is -0.504. The van der Waals surface area contributed by atoms with Crippen molar-refractivity contribution in [2.45, 2.75) is 19.4 Å². The largest absolute Gasteiger partial charge is 0.481 e. The summed E-state index contributed by atoms with van der Waals surface area (Å²) in [5.74, 6) is -0.288. The number of hydrogen-bond donors (Lipinski definition) is 3. The molecule has 1 aromatic heterocycles. The summed E-state index contributed by atoms with van der Waals surface area (Å²) in [7, 11) is 1.77. The Bertz CT molecular complexity index is 510. The second-order valence-electron chi connectivity index (χ2n) is 5.09. The number of hydrogen-bond acceptors (Lipinski definition) is 5. The van der Waals surface area contributed by atoms with Gasteiger partial charge in [-0.2, -0.15) is 0 Å². The number of rotatable bonds is 5. The molecule has 1 fully saturated rings. The summed E-state index contributed by atoms with van der Waals surface area (Å²) in [4.78, 5) is 23.2. The average Bonchev–Trinajstić information content (AvgIpc) is 2.89. The van der Waals surface area contributed by atoms with Crippen LogP contribution < -0.4 is 10.6 Å². The van der Waals surface area contributed by atoms with Crippen molar-refractivity contribution in [3.8, 4) is 0 Å². The molecule has 116 valence electrons. The van der Waals surface area contributed by atoms with Gasteiger partial charge >= 0.3 is 12.0 Å². The molecule has 9 heteroatoms. The number of urea groups is 1. The van der Waals surface area contributed by atoms with Crippen molar-refractivity contribution in [1.29, 1.82) is 0 Å². The number of carbonyl (C=O) groups excluding carboxylic acids is 1. The average molecular weight is 297 g/mol. The van der Waals surface area contributed by atoms with Crippen LogP contribution in [0.15, 0.2) is 6.33 Å². The number of carboxylic acids is 1. The fraction of sp³-hybridized carbons (Fsp3) is 0.667. The fourth-order valence-corrected chi connectivity index (χ4v) is 2.17. The van der Waals surface area contributed by atoms with Gasteiger partial charge in [0, 0.05) is 26.8 Å². The topological polar surface area (TPSA) is 118 Å². The van der Waals surface area contributed by atoms with Crippen LogP contribution in [0, 0.1) is 5.41 Å². The Labute approximate surface area is 121 Å². The molecule has 1 aromatic rings. The van der Waals surface area contributed by atoms with Gasteiger partial charge in [0.05, 0.1) is 12.0 Å². The number of carbonyl (C=O) groups is 2. The van der Waals surface area contributed by atoms with Crippen LogP contribution >= 0.6 is 0 Å². The Morgan fingerprint density at radius 3 is 2.71 bits per heavy atom. The van der Waals surface area contributed by atoms with Crippen molar-refractivity contribution in [2.75, 3.05) is 19.8 Å². The number of ether oxygens (including phenoxy) is 1. The Morgan fingerprint density at radius 2 is 2.14 bits per heavy atom. The van der Waals surface area contributed by atoms with Gasteiger partial charge in [0.15, 0.2) is 5.82 Å². The lowest BCUT2D eigenvalue weighted by atomic mass is 9.80. The maximum absolute atomic E-state index is 11.8. The molecule has 9 nitrogen and oxygen atoms in total. The predicted molar refractivity (Wildman–Crippen MR) is 71.4 cm³/mol. The van der Waals surface area contributed by atoms with E-state index in [1.165, 1.54) is 6.33 Å². The summed E-state index contributed by atoms with van der Waals surface area (Å²) in [5, 5.41) is 22.1. The maximum Gasteiger partial charge on any atom is 0.315 e. The zero-order valence-corrected chi connectivity index (χ0v) is 11.8. The standard InChI is InChI=1S/C12H19N5O4/c1-17-8-15-16-9(17)6-13-11(20)14-7-12(10(18)19)2-4-21-5-3-12/h8H,2-7H2,1H3,(H,18,19)(H2,13,14,20). The molecule has 2 amide bonds. The van der Waals surface area contributed by atoms with E-state index in [1.807, 2.05) is 0 Å². The van der Waals surface area contributed by atoms with E-state index in [4.69, 9.17) is 4.74 Å². The second-order valence-corrected chi connectivity index (χ2v) is 5.09. The van der Waals surface area contributed by atoms with Crippen molar-refractivity contribution in [2.24, 2.45) is 12.5 Å². The first kappa shape index (κ1) is 15.2. The lowest BCUT2D eigenvalue weighted by Gasteiger charge is -2.33. The molecule has 3 N–H and O–H groups in total. The third kappa shape index (κ3) is 3.69. The van der Waals surface area contributed by atoms with Gasteiger partial charge in [-0.3, -0.25) is 4.79 Å². The summed E-state index contributed by atoms with van der Waals surface area (Å²) >= 11 is 0. The summed E-state index contributed by atoms with van der Waals surface area (Å²) < 4.78 is 6.87. The van der Waals surface area contributed by atoms with Gasteiger partial charge in [0.25, 0.3) is 0 Å². The van der Waals surface area contributed by atoms with E-state index >= 15 is 0 Å². The molecule has 1 aliphatic heterocycles. The summed E-state index contributed by atoms with van der Waals surface area (Å²) in [5.41, 5.74) is -0.944.